The molecule has 8 nitrogen and oxygen atoms in total. The molecule has 2 aromatic heterocycles. The van der Waals surface area contributed by atoms with Crippen LogP contribution in [0.3, 0.4) is 0 Å². The van der Waals surface area contributed by atoms with Crippen molar-refractivity contribution in [3.05, 3.63) is 71.4 Å². The highest BCUT2D eigenvalue weighted by Gasteiger charge is 2.38. The van der Waals surface area contributed by atoms with Crippen LogP contribution in [-0.2, 0) is 29.7 Å². The van der Waals surface area contributed by atoms with E-state index in [0.717, 1.165) is 5.56 Å². The smallest absolute Gasteiger partial charge is 0.419 e. The van der Waals surface area contributed by atoms with Crippen molar-refractivity contribution in [2.24, 2.45) is 7.05 Å². The zero-order valence-corrected chi connectivity index (χ0v) is 22.1. The van der Waals surface area contributed by atoms with Crippen LogP contribution in [0.1, 0.15) is 11.1 Å². The van der Waals surface area contributed by atoms with Gasteiger partial charge in [0.05, 0.1) is 17.3 Å². The van der Waals surface area contributed by atoms with Crippen LogP contribution in [0.2, 0.25) is 0 Å². The Morgan fingerprint density at radius 2 is 1.77 bits per heavy atom. The SMILES string of the molecule is Cn1nc(-c2cc(C(F)(F)F)c(F)c(O)c2F)c2cnc(N3CCN(S(C)(=O)=O)[C@@H](Cc4ccccc4)C3)cc21. The number of aromatic nitrogens is 3. The number of hydrogen-bond donors (Lipinski definition) is 1. The van der Waals surface area contributed by atoms with Gasteiger partial charge in [0, 0.05) is 55.9 Å². The van der Waals surface area contributed by atoms with Gasteiger partial charge in [-0.25, -0.2) is 22.2 Å². The Morgan fingerprint density at radius 3 is 2.42 bits per heavy atom. The maximum absolute atomic E-state index is 14.8. The molecule has 0 unspecified atom stereocenters. The van der Waals surface area contributed by atoms with Gasteiger partial charge in [-0.15, -0.1) is 0 Å². The second kappa shape index (κ2) is 10.0. The summed E-state index contributed by atoms with van der Waals surface area (Å²) in [7, 11) is -1.98. The molecule has 4 aromatic rings. The quantitative estimate of drug-likeness (QED) is 0.353. The van der Waals surface area contributed by atoms with Gasteiger partial charge in [0.1, 0.15) is 11.5 Å². The monoisotopic (exact) mass is 581 g/mol. The van der Waals surface area contributed by atoms with Gasteiger partial charge in [0.2, 0.25) is 10.0 Å². The van der Waals surface area contributed by atoms with Crippen LogP contribution in [0.4, 0.5) is 27.8 Å². The maximum Gasteiger partial charge on any atom is 0.419 e. The molecule has 1 aliphatic heterocycles. The van der Waals surface area contributed by atoms with E-state index in [0.29, 0.717) is 30.8 Å². The molecular weight excluding hydrogens is 557 g/mol. The number of benzene rings is 2. The molecule has 212 valence electrons. The molecule has 0 spiro atoms. The van der Waals surface area contributed by atoms with Gasteiger partial charge in [0.25, 0.3) is 0 Å². The van der Waals surface area contributed by atoms with Crippen molar-refractivity contribution in [2.75, 3.05) is 30.8 Å². The molecule has 5 rings (SSSR count). The largest absolute Gasteiger partial charge is 0.503 e. The summed E-state index contributed by atoms with van der Waals surface area (Å²) in [4.78, 5) is 6.32. The number of alkyl halides is 3. The van der Waals surface area contributed by atoms with Crippen molar-refractivity contribution in [1.29, 1.82) is 0 Å². The first-order valence-electron chi connectivity index (χ1n) is 12.1. The first kappa shape index (κ1) is 27.8. The minimum atomic E-state index is -5.18. The summed E-state index contributed by atoms with van der Waals surface area (Å²) >= 11 is 0. The number of aryl methyl sites for hydroxylation is 1. The Bertz CT molecular complexity index is 1690. The summed E-state index contributed by atoms with van der Waals surface area (Å²) in [6, 6.07) is 11.0. The first-order valence-corrected chi connectivity index (χ1v) is 14.0. The Morgan fingerprint density at radius 1 is 1.07 bits per heavy atom. The number of aromatic hydroxyl groups is 1. The van der Waals surface area contributed by atoms with Gasteiger partial charge in [-0.2, -0.15) is 22.6 Å². The fraction of sp³-hybridized carbons (Fsp3) is 0.308. The molecule has 1 atom stereocenters. The molecule has 3 heterocycles. The molecule has 1 aliphatic rings. The van der Waals surface area contributed by atoms with Crippen molar-refractivity contribution in [2.45, 2.75) is 18.6 Å². The van der Waals surface area contributed by atoms with Gasteiger partial charge in [-0.05, 0) is 18.1 Å². The second-order valence-electron chi connectivity index (χ2n) is 9.64. The molecule has 0 aliphatic carbocycles. The topological polar surface area (TPSA) is 91.6 Å². The van der Waals surface area contributed by atoms with E-state index in [-0.39, 0.29) is 29.7 Å². The third-order valence-corrected chi connectivity index (χ3v) is 8.28. The van der Waals surface area contributed by atoms with Crippen LogP contribution < -0.4 is 4.90 Å². The van der Waals surface area contributed by atoms with Crippen molar-refractivity contribution in [3.8, 4) is 17.0 Å². The van der Waals surface area contributed by atoms with E-state index in [1.165, 1.54) is 28.5 Å². The molecule has 0 radical (unpaired) electrons. The second-order valence-corrected chi connectivity index (χ2v) is 11.6. The summed E-state index contributed by atoms with van der Waals surface area (Å²) < 4.78 is 96.6. The van der Waals surface area contributed by atoms with E-state index in [2.05, 4.69) is 10.1 Å². The highest BCUT2D eigenvalue weighted by atomic mass is 32.2. The highest BCUT2D eigenvalue weighted by Crippen LogP contribution is 2.41. The summed E-state index contributed by atoms with van der Waals surface area (Å²) in [5.41, 5.74) is -1.44. The Labute approximate surface area is 226 Å². The number of nitrogens with zero attached hydrogens (tertiary/aromatic N) is 5. The Hall–Kier alpha value is -3.78. The highest BCUT2D eigenvalue weighted by molar-refractivity contribution is 7.88. The fourth-order valence-corrected chi connectivity index (χ4v) is 6.15. The number of phenols is 1. The predicted molar refractivity (Wildman–Crippen MR) is 138 cm³/mol. The third-order valence-electron chi connectivity index (χ3n) is 6.95. The number of halogens is 5. The van der Waals surface area contributed by atoms with E-state index in [1.807, 2.05) is 35.2 Å². The number of piperazine rings is 1. The molecule has 0 bridgehead atoms. The third kappa shape index (κ3) is 5.08. The number of fused-ring (bicyclic) bond motifs is 1. The lowest BCUT2D eigenvalue weighted by Crippen LogP contribution is -2.56. The Balaban J connectivity index is 1.52. The maximum atomic E-state index is 14.8. The van der Waals surface area contributed by atoms with Crippen LogP contribution in [0.15, 0.2) is 48.7 Å². The van der Waals surface area contributed by atoms with Crippen molar-refractivity contribution in [1.82, 2.24) is 19.1 Å². The molecule has 2 aromatic carbocycles. The average molecular weight is 582 g/mol. The molecule has 1 saturated heterocycles. The van der Waals surface area contributed by atoms with E-state index < -0.39 is 44.7 Å². The zero-order valence-electron chi connectivity index (χ0n) is 21.3. The van der Waals surface area contributed by atoms with Crippen LogP contribution in [-0.4, -0.2) is 64.5 Å². The minimum Gasteiger partial charge on any atom is -0.503 e. The van der Waals surface area contributed by atoms with E-state index in [9.17, 15) is 35.5 Å². The van der Waals surface area contributed by atoms with Crippen LogP contribution in [0, 0.1) is 11.6 Å². The normalized spacial score (nSPS) is 17.1. The van der Waals surface area contributed by atoms with Gasteiger partial charge >= 0.3 is 6.18 Å². The number of phenolic OH excluding ortho intramolecular Hbond substituents is 1. The summed E-state index contributed by atoms with van der Waals surface area (Å²) in [5.74, 6) is -4.96. The first-order chi connectivity index (χ1) is 18.8. The minimum absolute atomic E-state index is 0.180. The molecule has 14 heteroatoms. The summed E-state index contributed by atoms with van der Waals surface area (Å²) in [6.07, 6.45) is -2.23. The van der Waals surface area contributed by atoms with Crippen molar-refractivity contribution >= 4 is 26.7 Å². The van der Waals surface area contributed by atoms with Crippen LogP contribution >= 0.6 is 0 Å². The van der Waals surface area contributed by atoms with Crippen molar-refractivity contribution < 1.29 is 35.5 Å². The number of rotatable bonds is 5. The molecule has 40 heavy (non-hydrogen) atoms. The van der Waals surface area contributed by atoms with Gasteiger partial charge in [-0.3, -0.25) is 4.68 Å². The number of anilines is 1. The van der Waals surface area contributed by atoms with Gasteiger partial charge in [0.15, 0.2) is 17.4 Å². The summed E-state index contributed by atoms with van der Waals surface area (Å²) in [5, 5.41) is 14.1. The number of pyridine rings is 1. The lowest BCUT2D eigenvalue weighted by Gasteiger charge is -2.40. The molecule has 0 amide bonds. The zero-order chi connectivity index (χ0) is 29.0. The Kier molecular flexibility index (Phi) is 6.94. The van der Waals surface area contributed by atoms with E-state index in [4.69, 9.17) is 0 Å². The van der Waals surface area contributed by atoms with Gasteiger partial charge in [-0.1, -0.05) is 30.3 Å². The van der Waals surface area contributed by atoms with Crippen molar-refractivity contribution in [3.63, 3.8) is 0 Å². The molecule has 0 saturated carbocycles. The lowest BCUT2D eigenvalue weighted by atomic mass is 10.0. The summed E-state index contributed by atoms with van der Waals surface area (Å²) in [6.45, 7) is 0.866. The lowest BCUT2D eigenvalue weighted by molar-refractivity contribution is -0.140. The molecular formula is C26H24F5N5O3S. The predicted octanol–water partition coefficient (Wildman–Crippen LogP) is 4.33. The standard InChI is InChI=1S/C26H24F5N5O3S/c1-34-20-12-21(35-8-9-36(40(2,38)39)16(14-35)10-15-6-4-3-5-7-15)32-13-18(20)24(33-34)17-11-19(26(29,30)31)23(28)25(37)22(17)27/h3-7,11-13,16,37H,8-10,14H2,1-2H3/t16-/m0/s1. The molecule has 1 N–H and O–H groups in total. The molecule has 1 fully saturated rings. The number of hydrogen-bond acceptors (Lipinski definition) is 6. The average Bonchev–Trinajstić information content (AvgIpc) is 3.22. The van der Waals surface area contributed by atoms with E-state index in [1.54, 1.807) is 6.07 Å². The van der Waals surface area contributed by atoms with E-state index >= 15 is 0 Å². The van der Waals surface area contributed by atoms with Crippen LogP contribution in [0.25, 0.3) is 22.2 Å². The fourth-order valence-electron chi connectivity index (χ4n) is 5.05. The van der Waals surface area contributed by atoms with Crippen LogP contribution in [0.5, 0.6) is 5.75 Å². The number of sulfonamides is 1. The van der Waals surface area contributed by atoms with Gasteiger partial charge < -0.3 is 10.0 Å².